The Morgan fingerprint density at radius 2 is 1.95 bits per heavy atom. The molecule has 4 rings (SSSR count). The Kier molecular flexibility index (Phi) is 2.99. The van der Waals surface area contributed by atoms with Crippen molar-refractivity contribution < 1.29 is 0 Å². The summed E-state index contributed by atoms with van der Waals surface area (Å²) in [7, 11) is 0. The molecule has 2 aliphatic rings. The van der Waals surface area contributed by atoms with E-state index in [1.54, 1.807) is 11.3 Å². The topological polar surface area (TPSA) is 30.7 Å². The van der Waals surface area contributed by atoms with Crippen molar-refractivity contribution in [2.45, 2.75) is 63.8 Å². The van der Waals surface area contributed by atoms with Crippen molar-refractivity contribution in [2.24, 2.45) is 0 Å². The summed E-state index contributed by atoms with van der Waals surface area (Å²) in [5, 5.41) is 9.17. The van der Waals surface area contributed by atoms with Crippen molar-refractivity contribution in [3.63, 3.8) is 0 Å². The second kappa shape index (κ2) is 4.56. The highest BCUT2D eigenvalue weighted by atomic mass is 35.5. The SMILES string of the molecule is Cc1cc(Cl)sc1C(C)(C)c1nnc(C2CC2)n1C1CC1. The van der Waals surface area contributed by atoms with Crippen LogP contribution in [0.15, 0.2) is 6.07 Å². The van der Waals surface area contributed by atoms with Crippen molar-refractivity contribution in [2.75, 3.05) is 0 Å². The second-order valence-corrected chi connectivity index (χ2v) is 8.63. The molecule has 2 saturated carbocycles. The van der Waals surface area contributed by atoms with Crippen LogP contribution >= 0.6 is 22.9 Å². The van der Waals surface area contributed by atoms with Gasteiger partial charge in [0.15, 0.2) is 0 Å². The summed E-state index contributed by atoms with van der Waals surface area (Å²) < 4.78 is 3.31. The van der Waals surface area contributed by atoms with Crippen molar-refractivity contribution in [1.82, 2.24) is 14.8 Å². The monoisotopic (exact) mass is 321 g/mol. The van der Waals surface area contributed by atoms with Gasteiger partial charge in [-0.3, -0.25) is 0 Å². The molecule has 2 fully saturated rings. The maximum atomic E-state index is 6.22. The Labute approximate surface area is 134 Å². The van der Waals surface area contributed by atoms with Crippen LogP contribution in [0, 0.1) is 6.92 Å². The van der Waals surface area contributed by atoms with E-state index in [0.29, 0.717) is 12.0 Å². The molecule has 0 atom stereocenters. The van der Waals surface area contributed by atoms with Crippen LogP contribution in [0.5, 0.6) is 0 Å². The first kappa shape index (κ1) is 13.8. The van der Waals surface area contributed by atoms with Crippen LogP contribution < -0.4 is 0 Å². The molecule has 2 aromatic rings. The third kappa shape index (κ3) is 2.23. The summed E-state index contributed by atoms with van der Waals surface area (Å²) in [6.07, 6.45) is 5.08. The summed E-state index contributed by atoms with van der Waals surface area (Å²) in [6, 6.07) is 2.68. The summed E-state index contributed by atoms with van der Waals surface area (Å²) >= 11 is 7.89. The Balaban J connectivity index is 1.83. The van der Waals surface area contributed by atoms with E-state index in [4.69, 9.17) is 11.6 Å². The highest BCUT2D eigenvalue weighted by Gasteiger charge is 2.41. The Hall–Kier alpha value is -0.870. The molecule has 0 spiro atoms. The van der Waals surface area contributed by atoms with Gasteiger partial charge < -0.3 is 4.57 Å². The van der Waals surface area contributed by atoms with Gasteiger partial charge in [0, 0.05) is 16.8 Å². The molecule has 0 aliphatic heterocycles. The first-order valence-electron chi connectivity index (χ1n) is 7.70. The predicted molar refractivity (Wildman–Crippen MR) is 86.5 cm³/mol. The second-order valence-electron chi connectivity index (χ2n) is 6.94. The van der Waals surface area contributed by atoms with Gasteiger partial charge in [0.1, 0.15) is 11.6 Å². The number of hydrogen-bond donors (Lipinski definition) is 0. The van der Waals surface area contributed by atoms with Crippen molar-refractivity contribution in [1.29, 1.82) is 0 Å². The number of aromatic nitrogens is 3. The molecule has 0 unspecified atom stereocenters. The van der Waals surface area contributed by atoms with Gasteiger partial charge in [0.25, 0.3) is 0 Å². The van der Waals surface area contributed by atoms with E-state index < -0.39 is 0 Å². The molecule has 5 heteroatoms. The quantitative estimate of drug-likeness (QED) is 0.806. The number of hydrogen-bond acceptors (Lipinski definition) is 3. The third-order valence-corrected chi connectivity index (χ3v) is 6.28. The molecular weight excluding hydrogens is 302 g/mol. The van der Waals surface area contributed by atoms with Crippen molar-refractivity contribution in [3.8, 4) is 0 Å². The number of aryl methyl sites for hydroxylation is 1. The largest absolute Gasteiger partial charge is 0.311 e. The van der Waals surface area contributed by atoms with E-state index in [2.05, 4.69) is 41.6 Å². The summed E-state index contributed by atoms with van der Waals surface area (Å²) in [5.41, 5.74) is 1.12. The zero-order valence-electron chi connectivity index (χ0n) is 12.7. The minimum Gasteiger partial charge on any atom is -0.311 e. The van der Waals surface area contributed by atoms with Crippen molar-refractivity contribution in [3.05, 3.63) is 32.5 Å². The fraction of sp³-hybridized carbons (Fsp3) is 0.625. The molecule has 0 amide bonds. The molecule has 2 heterocycles. The molecule has 2 aliphatic carbocycles. The molecule has 0 aromatic carbocycles. The van der Waals surface area contributed by atoms with Gasteiger partial charge in [0.05, 0.1) is 9.75 Å². The first-order valence-corrected chi connectivity index (χ1v) is 8.89. The minimum absolute atomic E-state index is 0.134. The lowest BCUT2D eigenvalue weighted by atomic mass is 9.88. The third-order valence-electron chi connectivity index (χ3n) is 4.59. The highest BCUT2D eigenvalue weighted by Crippen LogP contribution is 2.48. The van der Waals surface area contributed by atoms with Crippen LogP contribution in [0.3, 0.4) is 0 Å². The maximum absolute atomic E-state index is 6.22. The van der Waals surface area contributed by atoms with E-state index >= 15 is 0 Å². The Bertz CT molecular complexity index is 692. The normalized spacial score (nSPS) is 19.2. The van der Waals surface area contributed by atoms with Gasteiger partial charge in [-0.2, -0.15) is 0 Å². The van der Waals surface area contributed by atoms with Crippen LogP contribution in [0.25, 0.3) is 0 Å². The van der Waals surface area contributed by atoms with Crippen LogP contribution in [0.1, 0.15) is 73.6 Å². The average molecular weight is 322 g/mol. The van der Waals surface area contributed by atoms with Crippen LogP contribution in [0.4, 0.5) is 0 Å². The predicted octanol–water partition coefficient (Wildman–Crippen LogP) is 4.84. The molecule has 2 aromatic heterocycles. The van der Waals surface area contributed by atoms with Gasteiger partial charge in [0.2, 0.25) is 0 Å². The molecule has 0 saturated heterocycles. The smallest absolute Gasteiger partial charge is 0.144 e. The standard InChI is InChI=1S/C16H20ClN3S/c1-9-8-12(17)21-13(9)16(2,3)15-19-18-14(10-4-5-10)20(15)11-6-7-11/h8,10-11H,4-7H2,1-3H3. The summed E-state index contributed by atoms with van der Waals surface area (Å²) in [5.74, 6) is 2.99. The lowest BCUT2D eigenvalue weighted by Gasteiger charge is -2.25. The summed E-state index contributed by atoms with van der Waals surface area (Å²) in [6.45, 7) is 6.64. The molecule has 21 heavy (non-hydrogen) atoms. The summed E-state index contributed by atoms with van der Waals surface area (Å²) in [4.78, 5) is 1.31. The fourth-order valence-electron chi connectivity index (χ4n) is 3.21. The number of nitrogens with zero attached hydrogens (tertiary/aromatic N) is 3. The average Bonchev–Trinajstić information content (AvgIpc) is 3.34. The molecule has 0 bridgehead atoms. The highest BCUT2D eigenvalue weighted by molar-refractivity contribution is 7.16. The number of thiophene rings is 1. The van der Waals surface area contributed by atoms with Crippen LogP contribution in [-0.2, 0) is 5.41 Å². The maximum Gasteiger partial charge on any atom is 0.144 e. The molecule has 3 nitrogen and oxygen atoms in total. The number of halogens is 1. The van der Waals surface area contributed by atoms with Gasteiger partial charge in [-0.15, -0.1) is 21.5 Å². The van der Waals surface area contributed by atoms with Gasteiger partial charge >= 0.3 is 0 Å². The zero-order chi connectivity index (χ0) is 14.8. The van der Waals surface area contributed by atoms with E-state index in [0.717, 1.165) is 10.2 Å². The molecule has 112 valence electrons. The Morgan fingerprint density at radius 3 is 2.48 bits per heavy atom. The molecular formula is C16H20ClN3S. The van der Waals surface area contributed by atoms with Crippen LogP contribution in [0.2, 0.25) is 4.34 Å². The van der Waals surface area contributed by atoms with Gasteiger partial charge in [-0.25, -0.2) is 0 Å². The Morgan fingerprint density at radius 1 is 1.24 bits per heavy atom. The fourth-order valence-corrected chi connectivity index (χ4v) is 4.60. The van der Waals surface area contributed by atoms with Crippen LogP contribution in [-0.4, -0.2) is 14.8 Å². The molecule has 0 N–H and O–H groups in total. The minimum atomic E-state index is -0.134. The lowest BCUT2D eigenvalue weighted by Crippen LogP contribution is -2.24. The van der Waals surface area contributed by atoms with E-state index in [-0.39, 0.29) is 5.41 Å². The van der Waals surface area contributed by atoms with Crippen molar-refractivity contribution >= 4 is 22.9 Å². The van der Waals surface area contributed by atoms with E-state index in [1.807, 2.05) is 0 Å². The first-order chi connectivity index (χ1) is 9.98. The molecule has 0 radical (unpaired) electrons. The van der Waals surface area contributed by atoms with E-state index in [9.17, 15) is 0 Å². The number of rotatable bonds is 4. The van der Waals surface area contributed by atoms with Gasteiger partial charge in [-0.05, 0) is 58.1 Å². The van der Waals surface area contributed by atoms with E-state index in [1.165, 1.54) is 41.9 Å². The zero-order valence-corrected chi connectivity index (χ0v) is 14.3. The van der Waals surface area contributed by atoms with Gasteiger partial charge in [-0.1, -0.05) is 11.6 Å². The lowest BCUT2D eigenvalue weighted by molar-refractivity contribution is 0.531.